The van der Waals surface area contributed by atoms with Crippen molar-refractivity contribution < 1.29 is 0 Å². The third-order valence-electron chi connectivity index (χ3n) is 3.26. The van der Waals surface area contributed by atoms with Gasteiger partial charge in [0.15, 0.2) is 0 Å². The summed E-state index contributed by atoms with van der Waals surface area (Å²) in [6.45, 7) is 0.915. The number of thiophene rings is 1. The average molecular weight is 279 g/mol. The van der Waals surface area contributed by atoms with Crippen LogP contribution < -0.4 is 10.6 Å². The molecule has 0 bridgehead atoms. The van der Waals surface area contributed by atoms with Gasteiger partial charge in [-0.3, -0.25) is 0 Å². The molecule has 2 N–H and O–H groups in total. The van der Waals surface area contributed by atoms with Crippen LogP contribution in [0.3, 0.4) is 0 Å². The molecule has 1 fully saturated rings. The molecule has 4 heteroatoms. The van der Waals surface area contributed by atoms with Gasteiger partial charge in [-0.15, -0.1) is 0 Å². The molecule has 1 saturated carbocycles. The van der Waals surface area contributed by atoms with Crippen molar-refractivity contribution in [1.82, 2.24) is 0 Å². The zero-order chi connectivity index (χ0) is 12.5. The summed E-state index contributed by atoms with van der Waals surface area (Å²) in [5, 5.41) is 4.95. The first kappa shape index (κ1) is 11.9. The van der Waals surface area contributed by atoms with Crippen molar-refractivity contribution in [3.05, 3.63) is 45.6 Å². The lowest BCUT2D eigenvalue weighted by Crippen LogP contribution is -2.25. The third kappa shape index (κ3) is 2.33. The van der Waals surface area contributed by atoms with Crippen LogP contribution in [0.15, 0.2) is 35.0 Å². The number of nitrogens with two attached hydrogens (primary N) is 1. The van der Waals surface area contributed by atoms with Crippen molar-refractivity contribution in [2.24, 2.45) is 0 Å². The Balaban J connectivity index is 1.91. The smallest absolute Gasteiger partial charge is 0.0741 e. The lowest BCUT2D eigenvalue weighted by Gasteiger charge is -2.26. The highest BCUT2D eigenvalue weighted by molar-refractivity contribution is 7.07. The van der Waals surface area contributed by atoms with Crippen LogP contribution in [0.4, 0.5) is 11.4 Å². The number of hydrogen-bond donors (Lipinski definition) is 1. The number of benzene rings is 1. The van der Waals surface area contributed by atoms with Gasteiger partial charge in [0, 0.05) is 12.6 Å². The molecule has 1 aromatic heterocycles. The van der Waals surface area contributed by atoms with Crippen molar-refractivity contribution in [3.63, 3.8) is 0 Å². The fourth-order valence-electron chi connectivity index (χ4n) is 2.15. The van der Waals surface area contributed by atoms with Crippen LogP contribution in [0.1, 0.15) is 18.4 Å². The van der Waals surface area contributed by atoms with E-state index in [1.165, 1.54) is 18.4 Å². The second kappa shape index (κ2) is 4.82. The maximum atomic E-state index is 6.12. The lowest BCUT2D eigenvalue weighted by atomic mass is 10.2. The molecular formula is C14H15ClN2S. The van der Waals surface area contributed by atoms with Gasteiger partial charge in [0.05, 0.1) is 16.4 Å². The Morgan fingerprint density at radius 2 is 2.17 bits per heavy atom. The summed E-state index contributed by atoms with van der Waals surface area (Å²) in [5.41, 5.74) is 9.21. The molecule has 1 aliphatic carbocycles. The summed E-state index contributed by atoms with van der Waals surface area (Å²) < 4.78 is 0. The second-order valence-electron chi connectivity index (χ2n) is 4.66. The first-order valence-corrected chi connectivity index (χ1v) is 7.39. The van der Waals surface area contributed by atoms with Crippen LogP contribution in [0.25, 0.3) is 0 Å². The van der Waals surface area contributed by atoms with Crippen LogP contribution in [0.5, 0.6) is 0 Å². The van der Waals surface area contributed by atoms with E-state index in [0.717, 1.165) is 12.2 Å². The van der Waals surface area contributed by atoms with E-state index in [0.29, 0.717) is 16.8 Å². The molecular weight excluding hydrogens is 264 g/mol. The molecule has 2 aromatic rings. The largest absolute Gasteiger partial charge is 0.396 e. The van der Waals surface area contributed by atoms with Gasteiger partial charge in [-0.1, -0.05) is 17.7 Å². The highest BCUT2D eigenvalue weighted by Crippen LogP contribution is 2.38. The number of anilines is 2. The van der Waals surface area contributed by atoms with Crippen LogP contribution >= 0.6 is 22.9 Å². The molecule has 0 unspecified atom stereocenters. The van der Waals surface area contributed by atoms with Gasteiger partial charge in [0.1, 0.15) is 0 Å². The Morgan fingerprint density at radius 1 is 1.33 bits per heavy atom. The summed E-state index contributed by atoms with van der Waals surface area (Å²) in [5.74, 6) is 0. The standard InChI is InChI=1S/C14H15ClN2S/c15-12-2-1-3-13(14(12)16)17(11-4-5-11)8-10-6-7-18-9-10/h1-3,6-7,9,11H,4-5,8,16H2. The normalized spacial score (nSPS) is 14.7. The van der Waals surface area contributed by atoms with E-state index in [-0.39, 0.29) is 0 Å². The molecule has 0 aliphatic heterocycles. The quantitative estimate of drug-likeness (QED) is 0.851. The van der Waals surface area contributed by atoms with Gasteiger partial charge in [0.2, 0.25) is 0 Å². The number of rotatable bonds is 4. The van der Waals surface area contributed by atoms with E-state index in [2.05, 4.69) is 27.8 Å². The van der Waals surface area contributed by atoms with Gasteiger partial charge in [0.25, 0.3) is 0 Å². The van der Waals surface area contributed by atoms with Gasteiger partial charge < -0.3 is 10.6 Å². The summed E-state index contributed by atoms with van der Waals surface area (Å²) in [6.07, 6.45) is 2.49. The van der Waals surface area contributed by atoms with E-state index in [1.807, 2.05) is 12.1 Å². The molecule has 1 heterocycles. The highest BCUT2D eigenvalue weighted by atomic mass is 35.5. The molecule has 3 rings (SSSR count). The SMILES string of the molecule is Nc1c(Cl)cccc1N(Cc1ccsc1)C1CC1. The lowest BCUT2D eigenvalue weighted by molar-refractivity contribution is 0.798. The zero-order valence-corrected chi connectivity index (χ0v) is 11.5. The summed E-state index contributed by atoms with van der Waals surface area (Å²) in [6, 6.07) is 8.66. The zero-order valence-electron chi connectivity index (χ0n) is 9.97. The van der Waals surface area contributed by atoms with E-state index < -0.39 is 0 Å². The van der Waals surface area contributed by atoms with Crippen molar-refractivity contribution in [2.75, 3.05) is 10.6 Å². The molecule has 18 heavy (non-hydrogen) atoms. The molecule has 1 aromatic carbocycles. The van der Waals surface area contributed by atoms with Crippen LogP contribution in [-0.2, 0) is 6.54 Å². The fourth-order valence-corrected chi connectivity index (χ4v) is 2.98. The Hall–Kier alpha value is -1.19. The van der Waals surface area contributed by atoms with E-state index in [1.54, 1.807) is 11.3 Å². The molecule has 0 radical (unpaired) electrons. The third-order valence-corrected chi connectivity index (χ3v) is 4.32. The molecule has 2 nitrogen and oxygen atoms in total. The number of nitrogen functional groups attached to an aromatic ring is 1. The van der Waals surface area contributed by atoms with E-state index in [4.69, 9.17) is 17.3 Å². The highest BCUT2D eigenvalue weighted by Gasteiger charge is 2.30. The van der Waals surface area contributed by atoms with Crippen molar-refractivity contribution >= 4 is 34.3 Å². The Bertz CT molecular complexity index is 535. The Labute approximate surface area is 116 Å². The summed E-state index contributed by atoms with van der Waals surface area (Å²) in [7, 11) is 0. The topological polar surface area (TPSA) is 29.3 Å². The monoisotopic (exact) mass is 278 g/mol. The number of halogens is 1. The molecule has 1 aliphatic rings. The Morgan fingerprint density at radius 3 is 2.83 bits per heavy atom. The van der Waals surface area contributed by atoms with Crippen molar-refractivity contribution in [1.29, 1.82) is 0 Å². The minimum absolute atomic E-state index is 0.616. The number of nitrogens with zero attached hydrogens (tertiary/aromatic N) is 1. The minimum atomic E-state index is 0.616. The fraction of sp³-hybridized carbons (Fsp3) is 0.286. The summed E-state index contributed by atoms with van der Waals surface area (Å²) >= 11 is 7.85. The minimum Gasteiger partial charge on any atom is -0.396 e. The van der Waals surface area contributed by atoms with Gasteiger partial charge >= 0.3 is 0 Å². The molecule has 0 amide bonds. The van der Waals surface area contributed by atoms with Crippen molar-refractivity contribution in [2.45, 2.75) is 25.4 Å². The van der Waals surface area contributed by atoms with Crippen LogP contribution in [0.2, 0.25) is 5.02 Å². The summed E-state index contributed by atoms with van der Waals surface area (Å²) in [4.78, 5) is 2.38. The average Bonchev–Trinajstić information content (AvgIpc) is 3.08. The van der Waals surface area contributed by atoms with E-state index >= 15 is 0 Å². The number of hydrogen-bond acceptors (Lipinski definition) is 3. The first-order valence-electron chi connectivity index (χ1n) is 6.07. The maximum absolute atomic E-state index is 6.12. The molecule has 94 valence electrons. The predicted molar refractivity (Wildman–Crippen MR) is 79.4 cm³/mol. The number of para-hydroxylation sites is 1. The molecule has 0 saturated heterocycles. The molecule has 0 spiro atoms. The second-order valence-corrected chi connectivity index (χ2v) is 5.85. The van der Waals surface area contributed by atoms with Gasteiger partial charge in [-0.2, -0.15) is 11.3 Å². The molecule has 0 atom stereocenters. The van der Waals surface area contributed by atoms with E-state index in [9.17, 15) is 0 Å². The first-order chi connectivity index (χ1) is 8.75. The van der Waals surface area contributed by atoms with Gasteiger partial charge in [-0.05, 0) is 47.4 Å². The maximum Gasteiger partial charge on any atom is 0.0741 e. The van der Waals surface area contributed by atoms with Crippen LogP contribution in [0, 0.1) is 0 Å². The van der Waals surface area contributed by atoms with Crippen molar-refractivity contribution in [3.8, 4) is 0 Å². The Kier molecular flexibility index (Phi) is 3.18. The van der Waals surface area contributed by atoms with Crippen LogP contribution in [-0.4, -0.2) is 6.04 Å². The predicted octanol–water partition coefficient (Wildman–Crippen LogP) is 4.15. The van der Waals surface area contributed by atoms with Gasteiger partial charge in [-0.25, -0.2) is 0 Å².